The average molecular weight is 271 g/mol. The van der Waals surface area contributed by atoms with Gasteiger partial charge in [-0.1, -0.05) is 24.0 Å². The highest BCUT2D eigenvalue weighted by Gasteiger charge is 2.20. The first-order valence-corrected chi connectivity index (χ1v) is 7.35. The molecule has 0 radical (unpaired) electrons. The zero-order valence-corrected chi connectivity index (χ0v) is 12.6. The van der Waals surface area contributed by atoms with E-state index in [0.717, 1.165) is 18.2 Å². The van der Waals surface area contributed by atoms with Crippen LogP contribution in [0.3, 0.4) is 0 Å². The summed E-state index contributed by atoms with van der Waals surface area (Å²) in [5, 5.41) is 0. The van der Waals surface area contributed by atoms with Gasteiger partial charge < -0.3 is 10.6 Å². The Morgan fingerprint density at radius 3 is 2.70 bits per heavy atom. The number of nitrogens with zero attached hydrogens (tertiary/aromatic N) is 2. The van der Waals surface area contributed by atoms with Crippen molar-refractivity contribution in [2.24, 2.45) is 5.73 Å². The van der Waals surface area contributed by atoms with Gasteiger partial charge in [-0.15, -0.1) is 0 Å². The molecule has 2 rings (SSSR count). The molecule has 0 saturated carbocycles. The van der Waals surface area contributed by atoms with E-state index in [2.05, 4.69) is 53.9 Å². The summed E-state index contributed by atoms with van der Waals surface area (Å²) in [5.74, 6) is 6.02. The fourth-order valence-corrected chi connectivity index (χ4v) is 2.75. The Bertz CT molecular complexity index is 476. The Kier molecular flexibility index (Phi) is 5.60. The lowest BCUT2D eigenvalue weighted by Gasteiger charge is -2.35. The van der Waals surface area contributed by atoms with Gasteiger partial charge in [-0.25, -0.2) is 0 Å². The summed E-state index contributed by atoms with van der Waals surface area (Å²) in [6, 6.07) is 9.24. The first-order chi connectivity index (χ1) is 9.69. The second kappa shape index (κ2) is 7.44. The second-order valence-electron chi connectivity index (χ2n) is 5.68. The minimum Gasteiger partial charge on any atom is -0.320 e. The number of hydrogen-bond donors (Lipinski definition) is 1. The van der Waals surface area contributed by atoms with E-state index in [0.29, 0.717) is 6.54 Å². The summed E-state index contributed by atoms with van der Waals surface area (Å²) >= 11 is 0. The molecular formula is C17H25N3. The third-order valence-corrected chi connectivity index (χ3v) is 3.96. The van der Waals surface area contributed by atoms with Crippen molar-refractivity contribution in [2.45, 2.75) is 25.4 Å². The quantitative estimate of drug-likeness (QED) is 0.846. The summed E-state index contributed by atoms with van der Waals surface area (Å²) in [4.78, 5) is 4.88. The summed E-state index contributed by atoms with van der Waals surface area (Å²) in [6.07, 6.45) is 2.53. The smallest absolute Gasteiger partial charge is 0.0555 e. The summed E-state index contributed by atoms with van der Waals surface area (Å²) in [6.45, 7) is 3.81. The molecule has 20 heavy (non-hydrogen) atoms. The first kappa shape index (κ1) is 15.1. The van der Waals surface area contributed by atoms with Gasteiger partial charge in [0.1, 0.15) is 0 Å². The van der Waals surface area contributed by atoms with Crippen molar-refractivity contribution in [2.75, 3.05) is 33.7 Å². The zero-order valence-electron chi connectivity index (χ0n) is 12.6. The minimum atomic E-state index is 0.419. The van der Waals surface area contributed by atoms with Gasteiger partial charge in [0.2, 0.25) is 0 Å². The van der Waals surface area contributed by atoms with E-state index in [9.17, 15) is 0 Å². The lowest BCUT2D eigenvalue weighted by molar-refractivity contribution is 0.140. The number of nitrogens with two attached hydrogens (primary N) is 1. The lowest BCUT2D eigenvalue weighted by atomic mass is 10.0. The van der Waals surface area contributed by atoms with Gasteiger partial charge in [-0.05, 0) is 57.7 Å². The molecule has 1 aliphatic heterocycles. The number of hydrogen-bond acceptors (Lipinski definition) is 3. The molecular weight excluding hydrogens is 246 g/mol. The third-order valence-electron chi connectivity index (χ3n) is 3.96. The third kappa shape index (κ3) is 4.35. The van der Waals surface area contributed by atoms with Crippen LogP contribution in [0.2, 0.25) is 0 Å². The zero-order chi connectivity index (χ0) is 14.4. The molecule has 1 saturated heterocycles. The van der Waals surface area contributed by atoms with Gasteiger partial charge in [-0.3, -0.25) is 4.90 Å². The Balaban J connectivity index is 1.91. The first-order valence-electron chi connectivity index (χ1n) is 7.35. The average Bonchev–Trinajstić information content (AvgIpc) is 2.46. The van der Waals surface area contributed by atoms with E-state index in [4.69, 9.17) is 5.73 Å². The maximum absolute atomic E-state index is 5.42. The van der Waals surface area contributed by atoms with Crippen molar-refractivity contribution in [3.63, 3.8) is 0 Å². The van der Waals surface area contributed by atoms with Crippen molar-refractivity contribution in [1.82, 2.24) is 9.80 Å². The molecule has 0 aromatic heterocycles. The standard InChI is InChI=1S/C17H25N3/c1-19(2)17-8-11-20(12-9-17)14-16-6-3-5-15(13-16)7-4-10-18/h3,5-6,13,17H,8-12,14,18H2,1-2H3. The van der Waals surface area contributed by atoms with Crippen molar-refractivity contribution in [3.8, 4) is 11.8 Å². The predicted molar refractivity (Wildman–Crippen MR) is 84.4 cm³/mol. The van der Waals surface area contributed by atoms with Crippen molar-refractivity contribution >= 4 is 0 Å². The van der Waals surface area contributed by atoms with Gasteiger partial charge in [0.05, 0.1) is 6.54 Å². The fraction of sp³-hybridized carbons (Fsp3) is 0.529. The predicted octanol–water partition coefficient (Wildman–Crippen LogP) is 1.52. The molecule has 0 aliphatic carbocycles. The molecule has 0 spiro atoms. The molecule has 0 amide bonds. The Hall–Kier alpha value is -1.34. The monoisotopic (exact) mass is 271 g/mol. The normalized spacial score (nSPS) is 17.0. The van der Waals surface area contributed by atoms with E-state index >= 15 is 0 Å². The molecule has 3 heteroatoms. The molecule has 108 valence electrons. The van der Waals surface area contributed by atoms with Crippen LogP contribution >= 0.6 is 0 Å². The van der Waals surface area contributed by atoms with Crippen LogP contribution in [-0.2, 0) is 6.54 Å². The Morgan fingerprint density at radius 2 is 2.05 bits per heavy atom. The van der Waals surface area contributed by atoms with Crippen LogP contribution in [-0.4, -0.2) is 49.6 Å². The Labute approximate surface area is 122 Å². The van der Waals surface area contributed by atoms with Crippen LogP contribution in [0.4, 0.5) is 0 Å². The van der Waals surface area contributed by atoms with Crippen molar-refractivity contribution in [3.05, 3.63) is 35.4 Å². The van der Waals surface area contributed by atoms with Crippen LogP contribution in [0.25, 0.3) is 0 Å². The molecule has 0 unspecified atom stereocenters. The highest BCUT2D eigenvalue weighted by atomic mass is 15.2. The van der Waals surface area contributed by atoms with Crippen molar-refractivity contribution < 1.29 is 0 Å². The maximum Gasteiger partial charge on any atom is 0.0555 e. The molecule has 1 aromatic rings. The van der Waals surface area contributed by atoms with Crippen LogP contribution in [0.1, 0.15) is 24.0 Å². The number of likely N-dealkylation sites (tertiary alicyclic amines) is 1. The number of benzene rings is 1. The van der Waals surface area contributed by atoms with Gasteiger partial charge in [0.15, 0.2) is 0 Å². The summed E-state index contributed by atoms with van der Waals surface area (Å²) in [7, 11) is 4.36. The van der Waals surface area contributed by atoms with E-state index in [1.165, 1.54) is 31.5 Å². The highest BCUT2D eigenvalue weighted by molar-refractivity contribution is 5.37. The van der Waals surface area contributed by atoms with Crippen LogP contribution < -0.4 is 5.73 Å². The van der Waals surface area contributed by atoms with Crippen LogP contribution in [0.5, 0.6) is 0 Å². The van der Waals surface area contributed by atoms with Crippen molar-refractivity contribution in [1.29, 1.82) is 0 Å². The topological polar surface area (TPSA) is 32.5 Å². The van der Waals surface area contributed by atoms with E-state index in [-0.39, 0.29) is 0 Å². The molecule has 1 aliphatic rings. The molecule has 0 bridgehead atoms. The van der Waals surface area contributed by atoms with Gasteiger partial charge in [0, 0.05) is 18.2 Å². The summed E-state index contributed by atoms with van der Waals surface area (Å²) in [5.41, 5.74) is 7.83. The highest BCUT2D eigenvalue weighted by Crippen LogP contribution is 2.17. The van der Waals surface area contributed by atoms with E-state index in [1.807, 2.05) is 6.07 Å². The molecule has 3 nitrogen and oxygen atoms in total. The summed E-state index contributed by atoms with van der Waals surface area (Å²) < 4.78 is 0. The van der Waals surface area contributed by atoms with E-state index < -0.39 is 0 Å². The molecule has 1 aromatic carbocycles. The lowest BCUT2D eigenvalue weighted by Crippen LogP contribution is -2.41. The number of rotatable bonds is 3. The van der Waals surface area contributed by atoms with Crippen LogP contribution in [0.15, 0.2) is 24.3 Å². The van der Waals surface area contributed by atoms with E-state index in [1.54, 1.807) is 0 Å². The van der Waals surface area contributed by atoms with Gasteiger partial charge in [0.25, 0.3) is 0 Å². The minimum absolute atomic E-state index is 0.419. The Morgan fingerprint density at radius 1 is 1.30 bits per heavy atom. The molecule has 1 fully saturated rings. The van der Waals surface area contributed by atoms with Crippen LogP contribution in [0, 0.1) is 11.8 Å². The van der Waals surface area contributed by atoms with Gasteiger partial charge >= 0.3 is 0 Å². The molecule has 1 heterocycles. The number of piperidine rings is 1. The largest absolute Gasteiger partial charge is 0.320 e. The SMILES string of the molecule is CN(C)C1CCN(Cc2cccc(C#CCN)c2)CC1. The molecule has 0 atom stereocenters. The molecule has 2 N–H and O–H groups in total. The van der Waals surface area contributed by atoms with Gasteiger partial charge in [-0.2, -0.15) is 0 Å². The second-order valence-corrected chi connectivity index (χ2v) is 5.68. The maximum atomic E-state index is 5.42. The fourth-order valence-electron chi connectivity index (χ4n) is 2.75.